The zero-order valence-electron chi connectivity index (χ0n) is 29.5. The first-order chi connectivity index (χ1) is 24.2. The van der Waals surface area contributed by atoms with E-state index in [1.54, 1.807) is 41.5 Å². The highest BCUT2D eigenvalue weighted by atomic mass is 35.5. The number of carbonyl (C=O) groups excluding carboxylic acids is 4. The van der Waals surface area contributed by atoms with Crippen LogP contribution in [0.4, 0.5) is 19.7 Å². The predicted octanol–water partition coefficient (Wildman–Crippen LogP) is 6.48. The van der Waals surface area contributed by atoms with Crippen molar-refractivity contribution < 1.29 is 47.7 Å². The van der Waals surface area contributed by atoms with Gasteiger partial charge in [0, 0.05) is 11.1 Å². The molecule has 4 N–H and O–H groups in total. The normalized spacial score (nSPS) is 16.5. The lowest BCUT2D eigenvalue weighted by atomic mass is 9.95. The molecule has 276 valence electrons. The number of guanidine groups is 1. The van der Waals surface area contributed by atoms with Crippen molar-refractivity contribution in [3.8, 4) is 5.75 Å². The molecule has 15 heteroatoms. The Morgan fingerprint density at radius 3 is 1.98 bits per heavy atom. The number of aliphatic carboxylic acids is 1. The lowest BCUT2D eigenvalue weighted by molar-refractivity contribution is -0.143. The molecule has 1 saturated carbocycles. The van der Waals surface area contributed by atoms with Gasteiger partial charge < -0.3 is 24.6 Å². The van der Waals surface area contributed by atoms with Crippen molar-refractivity contribution in [1.82, 2.24) is 16.0 Å². The summed E-state index contributed by atoms with van der Waals surface area (Å²) in [5.74, 6) is -2.81. The minimum atomic E-state index is -1.18. The summed E-state index contributed by atoms with van der Waals surface area (Å²) in [4.78, 5) is 66.8. The molecule has 3 amide bonds. The monoisotopic (exact) mass is 738 g/mol. The number of hydrogen-bond donors (Lipinski definition) is 4. The molecule has 0 unspecified atom stereocenters. The van der Waals surface area contributed by atoms with Crippen LogP contribution in [0.5, 0.6) is 5.75 Å². The van der Waals surface area contributed by atoms with Gasteiger partial charge in [-0.15, -0.1) is 0 Å². The van der Waals surface area contributed by atoms with Gasteiger partial charge in [0.2, 0.25) is 11.9 Å². The van der Waals surface area contributed by atoms with Crippen LogP contribution in [-0.4, -0.2) is 58.3 Å². The number of benzene rings is 3. The molecule has 2 atom stereocenters. The third-order valence-electron chi connectivity index (χ3n) is 7.44. The van der Waals surface area contributed by atoms with Crippen LogP contribution < -0.4 is 20.7 Å². The van der Waals surface area contributed by atoms with E-state index in [9.17, 15) is 33.5 Å². The van der Waals surface area contributed by atoms with Gasteiger partial charge in [-0.25, -0.2) is 23.8 Å². The summed E-state index contributed by atoms with van der Waals surface area (Å²) in [5.41, 5.74) is -1.34. The number of esters is 1. The van der Waals surface area contributed by atoms with Gasteiger partial charge in [0.05, 0.1) is 23.1 Å². The summed E-state index contributed by atoms with van der Waals surface area (Å²) in [6, 6.07) is 15.1. The quantitative estimate of drug-likeness (QED) is 0.0827. The van der Waals surface area contributed by atoms with Gasteiger partial charge in [-0.2, -0.15) is 0 Å². The smallest absolute Gasteiger partial charge is 0.414 e. The van der Waals surface area contributed by atoms with Crippen LogP contribution in [0.15, 0.2) is 71.7 Å². The average Bonchev–Trinajstić information content (AvgIpc) is 3.70. The molecule has 1 aliphatic carbocycles. The van der Waals surface area contributed by atoms with E-state index >= 15 is 0 Å². The third kappa shape index (κ3) is 11.5. The Bertz CT molecular complexity index is 1840. The maximum atomic E-state index is 13.3. The van der Waals surface area contributed by atoms with E-state index in [2.05, 4.69) is 20.9 Å². The van der Waals surface area contributed by atoms with Crippen LogP contribution in [0, 0.1) is 11.2 Å². The topological polar surface area (TPSA) is 182 Å². The SMILES string of the molecule is CC(C)(C)OC(=O)NC(=Nc1ccc(C(=O)Oc2ccc(CC(=O)N[C@@H]3C[C@@]3(Cc3ccc(F)cc3)C(=O)O)c(Cl)c2)cc1)NC(=O)OC(C)(C)C. The molecule has 4 rings (SSSR count). The molecule has 0 aliphatic heterocycles. The van der Waals surface area contributed by atoms with Gasteiger partial charge in [-0.1, -0.05) is 29.8 Å². The van der Waals surface area contributed by atoms with Crippen molar-refractivity contribution in [2.45, 2.75) is 78.0 Å². The number of aliphatic imine (C=N–C) groups is 1. The predicted molar refractivity (Wildman–Crippen MR) is 189 cm³/mol. The highest BCUT2D eigenvalue weighted by Crippen LogP contribution is 2.49. The van der Waals surface area contributed by atoms with Crippen molar-refractivity contribution in [1.29, 1.82) is 0 Å². The Morgan fingerprint density at radius 1 is 0.885 bits per heavy atom. The van der Waals surface area contributed by atoms with E-state index in [-0.39, 0.29) is 47.2 Å². The second-order valence-electron chi connectivity index (χ2n) is 14.2. The number of carboxylic acid groups (broad SMARTS) is 1. The molecule has 3 aromatic rings. The molecule has 0 saturated heterocycles. The number of ether oxygens (including phenoxy) is 3. The highest BCUT2D eigenvalue weighted by molar-refractivity contribution is 6.31. The number of nitrogens with one attached hydrogen (secondary N) is 3. The van der Waals surface area contributed by atoms with Gasteiger partial charge in [0.25, 0.3) is 0 Å². The third-order valence-corrected chi connectivity index (χ3v) is 7.79. The second-order valence-corrected chi connectivity index (χ2v) is 14.6. The Hall–Kier alpha value is -5.50. The van der Waals surface area contributed by atoms with E-state index in [4.69, 9.17) is 25.8 Å². The fraction of sp³-hybridized carbons (Fsp3) is 0.351. The van der Waals surface area contributed by atoms with Crippen molar-refractivity contribution in [2.75, 3.05) is 0 Å². The molecule has 1 aliphatic rings. The molecule has 0 radical (unpaired) electrons. The molecule has 13 nitrogen and oxygen atoms in total. The molecule has 0 spiro atoms. The lowest BCUT2D eigenvalue weighted by Gasteiger charge is -2.22. The molecular weight excluding hydrogens is 699 g/mol. The van der Waals surface area contributed by atoms with Crippen LogP contribution in [0.1, 0.15) is 69.4 Å². The maximum absolute atomic E-state index is 13.3. The minimum absolute atomic E-state index is 0.109. The summed E-state index contributed by atoms with van der Waals surface area (Å²) in [5, 5.41) is 17.5. The van der Waals surface area contributed by atoms with Crippen LogP contribution in [-0.2, 0) is 31.9 Å². The average molecular weight is 739 g/mol. The van der Waals surface area contributed by atoms with Crippen molar-refractivity contribution in [2.24, 2.45) is 10.4 Å². The Labute approximate surface area is 304 Å². The molecule has 3 aromatic carbocycles. The van der Waals surface area contributed by atoms with Crippen LogP contribution >= 0.6 is 11.6 Å². The first-order valence-corrected chi connectivity index (χ1v) is 16.6. The second kappa shape index (κ2) is 15.8. The number of alkyl carbamates (subject to hydrolysis) is 2. The fourth-order valence-corrected chi connectivity index (χ4v) is 5.21. The largest absolute Gasteiger partial charge is 0.481 e. The summed E-state index contributed by atoms with van der Waals surface area (Å²) in [6.07, 6.45) is -1.51. The first kappa shape index (κ1) is 39.3. The minimum Gasteiger partial charge on any atom is -0.481 e. The number of carboxylic acids is 1. The van der Waals surface area contributed by atoms with Crippen LogP contribution in [0.3, 0.4) is 0 Å². The Kier molecular flexibility index (Phi) is 11.9. The van der Waals surface area contributed by atoms with Gasteiger partial charge in [0.1, 0.15) is 22.8 Å². The van der Waals surface area contributed by atoms with Crippen LogP contribution in [0.2, 0.25) is 5.02 Å². The first-order valence-electron chi connectivity index (χ1n) is 16.2. The fourth-order valence-electron chi connectivity index (χ4n) is 4.98. The number of hydrogen-bond acceptors (Lipinski definition) is 9. The van der Waals surface area contributed by atoms with E-state index in [1.165, 1.54) is 66.7 Å². The van der Waals surface area contributed by atoms with E-state index < -0.39 is 58.5 Å². The number of carbonyl (C=O) groups is 5. The van der Waals surface area contributed by atoms with E-state index in [0.29, 0.717) is 11.1 Å². The van der Waals surface area contributed by atoms with Crippen LogP contribution in [0.25, 0.3) is 0 Å². The van der Waals surface area contributed by atoms with Crippen molar-refractivity contribution in [3.05, 3.63) is 94.3 Å². The van der Waals surface area contributed by atoms with Gasteiger partial charge in [0.15, 0.2) is 0 Å². The van der Waals surface area contributed by atoms with Crippen molar-refractivity contribution in [3.63, 3.8) is 0 Å². The Morgan fingerprint density at radius 2 is 1.46 bits per heavy atom. The van der Waals surface area contributed by atoms with E-state index in [0.717, 1.165) is 0 Å². The number of rotatable bonds is 9. The standard InChI is InChI=1S/C37H40ClFN4O9/c1-35(2,3)51-33(48)42-32(43-34(49)52-36(4,5)6)40-25-14-9-22(10-15-25)30(45)50-26-16-11-23(27(38)18-26)17-29(44)41-28-20-37(28,31(46)47)19-21-7-12-24(39)13-8-21/h7-16,18,28H,17,19-20H2,1-6H3,(H,41,44)(H,46,47)(H2,40,42,43,48,49)/t28-,37-/m1/s1. The Balaban J connectivity index is 1.36. The van der Waals surface area contributed by atoms with Crippen molar-refractivity contribution >= 4 is 53.3 Å². The summed E-state index contributed by atoms with van der Waals surface area (Å²) < 4.78 is 29.2. The van der Waals surface area contributed by atoms with Gasteiger partial charge in [-0.3, -0.25) is 20.2 Å². The number of amides is 3. The molecule has 0 bridgehead atoms. The lowest BCUT2D eigenvalue weighted by Crippen LogP contribution is -2.47. The summed E-state index contributed by atoms with van der Waals surface area (Å²) in [6.45, 7) is 10.0. The number of halogens is 2. The molecule has 52 heavy (non-hydrogen) atoms. The van der Waals surface area contributed by atoms with E-state index in [1.807, 2.05) is 0 Å². The summed E-state index contributed by atoms with van der Waals surface area (Å²) in [7, 11) is 0. The van der Waals surface area contributed by atoms with Gasteiger partial charge in [-0.05, 0) is 114 Å². The number of nitrogens with zero attached hydrogens (tertiary/aromatic N) is 1. The zero-order chi connectivity index (χ0) is 38.4. The van der Waals surface area contributed by atoms with Gasteiger partial charge >= 0.3 is 24.1 Å². The molecule has 0 heterocycles. The summed E-state index contributed by atoms with van der Waals surface area (Å²) >= 11 is 6.41. The molecule has 0 aromatic heterocycles. The molecule has 1 fully saturated rings. The zero-order valence-corrected chi connectivity index (χ0v) is 30.2. The molecular formula is C37H40ClFN4O9. The maximum Gasteiger partial charge on any atom is 0.414 e. The highest BCUT2D eigenvalue weighted by Gasteiger charge is 2.61.